The van der Waals surface area contributed by atoms with E-state index in [4.69, 9.17) is 9.47 Å². The first-order chi connectivity index (χ1) is 11.1. The third-order valence-corrected chi connectivity index (χ3v) is 3.59. The minimum Gasteiger partial charge on any atom is -0.466 e. The third kappa shape index (κ3) is 2.73. The second-order valence-corrected chi connectivity index (χ2v) is 5.02. The fourth-order valence-electron chi connectivity index (χ4n) is 2.61. The number of ether oxygens (including phenoxy) is 2. The smallest absolute Gasteiger partial charge is 0.346 e. The molecular weight excluding hydrogens is 296 g/mol. The number of esters is 3. The number of cyclic esters (lactones) is 2. The minimum atomic E-state index is -0.638. The van der Waals surface area contributed by atoms with Crippen LogP contribution in [0.25, 0.3) is 16.8 Å². The summed E-state index contributed by atoms with van der Waals surface area (Å²) in [6.45, 7) is 2.10. The van der Waals surface area contributed by atoms with Gasteiger partial charge in [-0.2, -0.15) is 0 Å². The molecule has 1 aliphatic heterocycles. The summed E-state index contributed by atoms with van der Waals surface area (Å²) in [6, 6.07) is 8.59. The summed E-state index contributed by atoms with van der Waals surface area (Å²) in [5.74, 6) is -1.58. The van der Waals surface area contributed by atoms with Crippen molar-refractivity contribution in [1.82, 2.24) is 0 Å². The van der Waals surface area contributed by atoms with Gasteiger partial charge in [-0.25, -0.2) is 9.59 Å². The summed E-state index contributed by atoms with van der Waals surface area (Å²) in [6.07, 6.45) is 3.65. The van der Waals surface area contributed by atoms with Gasteiger partial charge in [-0.3, -0.25) is 4.79 Å². The molecule has 5 nitrogen and oxygen atoms in total. The Hall–Kier alpha value is -2.95. The number of rotatable bonds is 4. The summed E-state index contributed by atoms with van der Waals surface area (Å²) in [4.78, 5) is 35.1. The molecule has 23 heavy (non-hydrogen) atoms. The van der Waals surface area contributed by atoms with Crippen LogP contribution in [0.1, 0.15) is 39.6 Å². The van der Waals surface area contributed by atoms with Gasteiger partial charge in [-0.15, -0.1) is 0 Å². The molecule has 0 bridgehead atoms. The van der Waals surface area contributed by atoms with Crippen molar-refractivity contribution in [1.29, 1.82) is 0 Å². The summed E-state index contributed by atoms with van der Waals surface area (Å²) in [7, 11) is 0. The number of carbonyl (C=O) groups excluding carboxylic acids is 3. The lowest BCUT2D eigenvalue weighted by Gasteiger charge is -2.16. The Labute approximate surface area is 132 Å². The predicted octanol–water partition coefficient (Wildman–Crippen LogP) is 3.12. The van der Waals surface area contributed by atoms with Gasteiger partial charge in [-0.05, 0) is 30.0 Å². The third-order valence-electron chi connectivity index (χ3n) is 3.59. The Bertz CT molecular complexity index is 828. The molecule has 116 valence electrons. The van der Waals surface area contributed by atoms with E-state index in [1.807, 2.05) is 6.07 Å². The summed E-state index contributed by atoms with van der Waals surface area (Å²) < 4.78 is 9.59. The van der Waals surface area contributed by atoms with Gasteiger partial charge in [0.05, 0.1) is 24.2 Å². The van der Waals surface area contributed by atoms with Crippen LogP contribution in [0.4, 0.5) is 0 Å². The highest BCUT2D eigenvalue weighted by molar-refractivity contribution is 6.21. The topological polar surface area (TPSA) is 69.7 Å². The summed E-state index contributed by atoms with van der Waals surface area (Å²) >= 11 is 0. The molecule has 0 fully saturated rings. The largest absolute Gasteiger partial charge is 0.466 e. The van der Waals surface area contributed by atoms with Gasteiger partial charge in [0.1, 0.15) is 0 Å². The molecule has 0 saturated heterocycles. The predicted molar refractivity (Wildman–Crippen MR) is 84.0 cm³/mol. The lowest BCUT2D eigenvalue weighted by molar-refractivity contribution is -0.142. The average Bonchev–Trinajstić information content (AvgIpc) is 2.53. The molecule has 0 aliphatic carbocycles. The lowest BCUT2D eigenvalue weighted by Crippen LogP contribution is -2.19. The monoisotopic (exact) mass is 310 g/mol. The molecule has 5 heteroatoms. The molecule has 0 radical (unpaired) electrons. The van der Waals surface area contributed by atoms with Crippen LogP contribution in [0.2, 0.25) is 0 Å². The van der Waals surface area contributed by atoms with Crippen molar-refractivity contribution in [2.45, 2.75) is 13.3 Å². The van der Waals surface area contributed by atoms with Crippen molar-refractivity contribution in [2.75, 3.05) is 6.61 Å². The van der Waals surface area contributed by atoms with Gasteiger partial charge in [0, 0.05) is 5.39 Å². The minimum absolute atomic E-state index is 0.164. The zero-order valence-corrected chi connectivity index (χ0v) is 12.5. The average molecular weight is 310 g/mol. The van der Waals surface area contributed by atoms with Crippen LogP contribution in [-0.2, 0) is 14.3 Å². The standard InChI is InChI=1S/C18H14O5/c1-2-22-15(19)8-3-5-11-9-10-14-16-12(11)6-4-7-13(16)17(20)23-18(14)21/h3-7,9-10H,2,8H2,1H3. The number of hydrogen-bond donors (Lipinski definition) is 0. The molecule has 1 heterocycles. The first-order valence-electron chi connectivity index (χ1n) is 7.26. The normalized spacial score (nSPS) is 13.4. The molecule has 0 atom stereocenters. The van der Waals surface area contributed by atoms with E-state index in [9.17, 15) is 14.4 Å². The molecule has 1 aliphatic rings. The van der Waals surface area contributed by atoms with Crippen LogP contribution >= 0.6 is 0 Å². The number of hydrogen-bond acceptors (Lipinski definition) is 5. The maximum absolute atomic E-state index is 11.8. The maximum atomic E-state index is 11.8. The molecule has 0 N–H and O–H groups in total. The van der Waals surface area contributed by atoms with Crippen LogP contribution in [-0.4, -0.2) is 24.5 Å². The maximum Gasteiger partial charge on any atom is 0.346 e. The second-order valence-electron chi connectivity index (χ2n) is 5.02. The van der Waals surface area contributed by atoms with Gasteiger partial charge < -0.3 is 9.47 Å². The van der Waals surface area contributed by atoms with Gasteiger partial charge in [-0.1, -0.05) is 30.4 Å². The van der Waals surface area contributed by atoms with Crippen molar-refractivity contribution < 1.29 is 23.9 Å². The van der Waals surface area contributed by atoms with E-state index in [1.165, 1.54) is 0 Å². The van der Waals surface area contributed by atoms with Gasteiger partial charge in [0.25, 0.3) is 0 Å². The van der Waals surface area contributed by atoms with E-state index < -0.39 is 11.9 Å². The Morgan fingerprint density at radius 2 is 1.87 bits per heavy atom. The number of benzene rings is 2. The first-order valence-corrected chi connectivity index (χ1v) is 7.26. The summed E-state index contributed by atoms with van der Waals surface area (Å²) in [5.41, 5.74) is 1.56. The highest BCUT2D eigenvalue weighted by Crippen LogP contribution is 2.31. The molecule has 0 aromatic heterocycles. The molecule has 3 rings (SSSR count). The van der Waals surface area contributed by atoms with Gasteiger partial charge in [0.15, 0.2) is 0 Å². The van der Waals surface area contributed by atoms with E-state index >= 15 is 0 Å². The molecular formula is C18H14O5. The van der Waals surface area contributed by atoms with E-state index in [0.717, 1.165) is 10.9 Å². The van der Waals surface area contributed by atoms with Crippen molar-refractivity contribution >= 4 is 34.8 Å². The Kier molecular flexibility index (Phi) is 3.93. The molecule has 2 aromatic carbocycles. The van der Waals surface area contributed by atoms with Crippen LogP contribution in [0.15, 0.2) is 36.4 Å². The molecule has 0 amide bonds. The van der Waals surface area contributed by atoms with Gasteiger partial charge >= 0.3 is 17.9 Å². The zero-order valence-electron chi connectivity index (χ0n) is 12.5. The van der Waals surface area contributed by atoms with E-state index in [0.29, 0.717) is 23.1 Å². The molecule has 0 spiro atoms. The SMILES string of the molecule is CCOC(=O)CC=Cc1ccc2c3c(cccc13)C(=O)OC2=O. The molecule has 0 unspecified atom stereocenters. The molecule has 2 aromatic rings. The van der Waals surface area contributed by atoms with Gasteiger partial charge in [0.2, 0.25) is 0 Å². The van der Waals surface area contributed by atoms with Crippen LogP contribution in [0.3, 0.4) is 0 Å². The van der Waals surface area contributed by atoms with Crippen molar-refractivity contribution in [3.05, 3.63) is 53.1 Å². The lowest BCUT2D eigenvalue weighted by atomic mass is 9.93. The highest BCUT2D eigenvalue weighted by atomic mass is 16.6. The fraction of sp³-hybridized carbons (Fsp3) is 0.167. The Morgan fingerprint density at radius 3 is 2.61 bits per heavy atom. The fourth-order valence-corrected chi connectivity index (χ4v) is 2.61. The van der Waals surface area contributed by atoms with E-state index in [2.05, 4.69) is 0 Å². The highest BCUT2D eigenvalue weighted by Gasteiger charge is 2.27. The first kappa shape index (κ1) is 15.0. The number of carbonyl (C=O) groups is 3. The quantitative estimate of drug-likeness (QED) is 0.641. The van der Waals surface area contributed by atoms with Crippen molar-refractivity contribution in [3.63, 3.8) is 0 Å². The second kappa shape index (κ2) is 6.04. The Balaban J connectivity index is 2.03. The van der Waals surface area contributed by atoms with Crippen molar-refractivity contribution in [3.8, 4) is 0 Å². The van der Waals surface area contributed by atoms with E-state index in [-0.39, 0.29) is 12.4 Å². The molecule has 0 saturated carbocycles. The van der Waals surface area contributed by atoms with E-state index in [1.54, 1.807) is 43.3 Å². The zero-order chi connectivity index (χ0) is 16.4. The van der Waals surface area contributed by atoms with Crippen molar-refractivity contribution in [2.24, 2.45) is 0 Å². The summed E-state index contributed by atoms with van der Waals surface area (Å²) in [5, 5.41) is 1.36. The van der Waals surface area contributed by atoms with Crippen LogP contribution < -0.4 is 0 Å². The van der Waals surface area contributed by atoms with Crippen LogP contribution in [0, 0.1) is 0 Å². The van der Waals surface area contributed by atoms with Crippen LogP contribution in [0.5, 0.6) is 0 Å². The Morgan fingerprint density at radius 1 is 1.13 bits per heavy atom.